The van der Waals surface area contributed by atoms with E-state index < -0.39 is 0 Å². The van der Waals surface area contributed by atoms with E-state index in [1.807, 2.05) is 18.3 Å². The van der Waals surface area contributed by atoms with E-state index >= 15 is 0 Å². The van der Waals surface area contributed by atoms with Crippen molar-refractivity contribution < 1.29 is 0 Å². The van der Waals surface area contributed by atoms with E-state index in [0.717, 1.165) is 6.42 Å². The Balaban J connectivity index is 2.15. The van der Waals surface area contributed by atoms with Crippen LogP contribution < -0.4 is 0 Å². The van der Waals surface area contributed by atoms with Crippen LogP contribution in [0.1, 0.15) is 11.1 Å². The van der Waals surface area contributed by atoms with Gasteiger partial charge in [0.2, 0.25) is 0 Å². The number of pyridine rings is 1. The summed E-state index contributed by atoms with van der Waals surface area (Å²) in [4.78, 5) is 4.03. The minimum absolute atomic E-state index is 0.550. The molecule has 0 atom stereocenters. The third kappa shape index (κ3) is 2.29. The van der Waals surface area contributed by atoms with Crippen LogP contribution in [0.5, 0.6) is 0 Å². The molecule has 2 aromatic heterocycles. The summed E-state index contributed by atoms with van der Waals surface area (Å²) in [6, 6.07) is 5.95. The van der Waals surface area contributed by atoms with Crippen LogP contribution in [0.3, 0.4) is 0 Å². The monoisotopic (exact) mass is 209 g/mol. The minimum Gasteiger partial charge on any atom is -0.244 e. The van der Waals surface area contributed by atoms with Crippen LogP contribution in [0.25, 0.3) is 0 Å². The molecule has 0 bridgehead atoms. The normalized spacial score (nSPS) is 10.2. The summed E-state index contributed by atoms with van der Waals surface area (Å²) < 4.78 is 0. The standard InChI is InChI=1S/C10H8ClNS/c11-10-2-1-8(6-12-10)5-9-3-4-13-7-9/h1-4,6-7H,5H2. The highest BCUT2D eigenvalue weighted by Gasteiger charge is 1.96. The molecule has 0 spiro atoms. The maximum absolute atomic E-state index is 5.68. The van der Waals surface area contributed by atoms with Crippen molar-refractivity contribution in [1.82, 2.24) is 4.98 Å². The second-order valence-corrected chi connectivity index (χ2v) is 3.96. The number of halogens is 1. The Bertz CT molecular complexity index is 366. The van der Waals surface area contributed by atoms with Gasteiger partial charge in [-0.15, -0.1) is 0 Å². The second kappa shape index (κ2) is 3.90. The molecule has 0 amide bonds. The van der Waals surface area contributed by atoms with Crippen molar-refractivity contribution in [1.29, 1.82) is 0 Å². The van der Waals surface area contributed by atoms with Gasteiger partial charge in [0.05, 0.1) is 0 Å². The topological polar surface area (TPSA) is 12.9 Å². The summed E-state index contributed by atoms with van der Waals surface area (Å²) in [5.41, 5.74) is 2.52. The van der Waals surface area contributed by atoms with E-state index in [9.17, 15) is 0 Å². The Morgan fingerprint density at radius 2 is 2.15 bits per heavy atom. The lowest BCUT2D eigenvalue weighted by molar-refractivity contribution is 1.16. The zero-order valence-corrected chi connectivity index (χ0v) is 8.48. The predicted octanol–water partition coefficient (Wildman–Crippen LogP) is 3.39. The fraction of sp³-hybridized carbons (Fsp3) is 0.100. The average molecular weight is 210 g/mol. The lowest BCUT2D eigenvalue weighted by Gasteiger charge is -1.97. The number of hydrogen-bond donors (Lipinski definition) is 0. The van der Waals surface area contributed by atoms with E-state index in [0.29, 0.717) is 5.15 Å². The highest BCUT2D eigenvalue weighted by atomic mass is 35.5. The van der Waals surface area contributed by atoms with Gasteiger partial charge in [0.15, 0.2) is 0 Å². The molecule has 3 heteroatoms. The molecule has 0 aromatic carbocycles. The summed E-state index contributed by atoms with van der Waals surface area (Å²) in [7, 11) is 0. The zero-order chi connectivity index (χ0) is 9.10. The van der Waals surface area contributed by atoms with Crippen LogP contribution in [0.4, 0.5) is 0 Å². The molecule has 1 nitrogen and oxygen atoms in total. The Hall–Kier alpha value is -0.860. The highest BCUT2D eigenvalue weighted by Crippen LogP contribution is 2.13. The van der Waals surface area contributed by atoms with Crippen LogP contribution in [0.15, 0.2) is 35.2 Å². The van der Waals surface area contributed by atoms with Crippen molar-refractivity contribution in [2.75, 3.05) is 0 Å². The molecule has 13 heavy (non-hydrogen) atoms. The molecule has 2 heterocycles. The van der Waals surface area contributed by atoms with E-state index in [1.54, 1.807) is 11.3 Å². The Labute approximate surface area is 86.0 Å². The maximum atomic E-state index is 5.68. The van der Waals surface area contributed by atoms with Gasteiger partial charge in [-0.1, -0.05) is 17.7 Å². The van der Waals surface area contributed by atoms with Crippen LogP contribution in [-0.2, 0) is 6.42 Å². The molecule has 0 aliphatic rings. The lowest BCUT2D eigenvalue weighted by Crippen LogP contribution is -1.86. The van der Waals surface area contributed by atoms with Crippen molar-refractivity contribution in [2.45, 2.75) is 6.42 Å². The maximum Gasteiger partial charge on any atom is 0.129 e. The molecule has 0 unspecified atom stereocenters. The SMILES string of the molecule is Clc1ccc(Cc2ccsc2)cn1. The summed E-state index contributed by atoms with van der Waals surface area (Å²) in [6.07, 6.45) is 2.76. The summed E-state index contributed by atoms with van der Waals surface area (Å²) in [5, 5.41) is 4.78. The fourth-order valence-electron chi connectivity index (χ4n) is 1.14. The number of hydrogen-bond acceptors (Lipinski definition) is 2. The first kappa shape index (κ1) is 8.73. The van der Waals surface area contributed by atoms with Crippen LogP contribution >= 0.6 is 22.9 Å². The van der Waals surface area contributed by atoms with Crippen LogP contribution in [-0.4, -0.2) is 4.98 Å². The molecule has 0 aliphatic carbocycles. The van der Waals surface area contributed by atoms with Gasteiger partial charge in [-0.2, -0.15) is 11.3 Å². The highest BCUT2D eigenvalue weighted by molar-refractivity contribution is 7.07. The van der Waals surface area contributed by atoms with Gasteiger partial charge in [-0.3, -0.25) is 0 Å². The quantitative estimate of drug-likeness (QED) is 0.691. The van der Waals surface area contributed by atoms with Gasteiger partial charge in [-0.05, 0) is 40.4 Å². The largest absolute Gasteiger partial charge is 0.244 e. The summed E-state index contributed by atoms with van der Waals surface area (Å²) in [5.74, 6) is 0. The molecular weight excluding hydrogens is 202 g/mol. The molecular formula is C10H8ClNS. The molecule has 0 radical (unpaired) electrons. The van der Waals surface area contributed by atoms with Gasteiger partial charge >= 0.3 is 0 Å². The van der Waals surface area contributed by atoms with Gasteiger partial charge < -0.3 is 0 Å². The molecule has 0 saturated carbocycles. The van der Waals surface area contributed by atoms with E-state index in [2.05, 4.69) is 21.8 Å². The minimum atomic E-state index is 0.550. The van der Waals surface area contributed by atoms with Gasteiger partial charge in [0, 0.05) is 6.20 Å². The summed E-state index contributed by atoms with van der Waals surface area (Å²) >= 11 is 7.40. The van der Waals surface area contributed by atoms with E-state index in [1.165, 1.54) is 11.1 Å². The fourth-order valence-corrected chi connectivity index (χ4v) is 1.92. The molecule has 66 valence electrons. The van der Waals surface area contributed by atoms with Gasteiger partial charge in [0.25, 0.3) is 0 Å². The van der Waals surface area contributed by atoms with E-state index in [4.69, 9.17) is 11.6 Å². The van der Waals surface area contributed by atoms with Gasteiger partial charge in [0.1, 0.15) is 5.15 Å². The molecule has 0 fully saturated rings. The molecule has 2 rings (SSSR count). The molecule has 2 aromatic rings. The van der Waals surface area contributed by atoms with Crippen molar-refractivity contribution in [3.8, 4) is 0 Å². The lowest BCUT2D eigenvalue weighted by atomic mass is 10.1. The number of nitrogens with zero attached hydrogens (tertiary/aromatic N) is 1. The third-order valence-corrected chi connectivity index (χ3v) is 2.73. The van der Waals surface area contributed by atoms with Crippen LogP contribution in [0.2, 0.25) is 5.15 Å². The van der Waals surface area contributed by atoms with Crippen molar-refractivity contribution in [3.63, 3.8) is 0 Å². The first-order valence-corrected chi connectivity index (χ1v) is 5.28. The molecule has 0 aliphatic heterocycles. The Morgan fingerprint density at radius 3 is 2.77 bits per heavy atom. The Morgan fingerprint density at radius 1 is 1.23 bits per heavy atom. The predicted molar refractivity (Wildman–Crippen MR) is 56.4 cm³/mol. The number of aromatic nitrogens is 1. The first-order valence-electron chi connectivity index (χ1n) is 3.96. The van der Waals surface area contributed by atoms with Crippen LogP contribution in [0, 0.1) is 0 Å². The van der Waals surface area contributed by atoms with Gasteiger partial charge in [-0.25, -0.2) is 4.98 Å². The number of thiophene rings is 1. The molecule has 0 N–H and O–H groups in total. The first-order chi connectivity index (χ1) is 6.34. The third-order valence-electron chi connectivity index (χ3n) is 1.78. The zero-order valence-electron chi connectivity index (χ0n) is 6.90. The summed E-state index contributed by atoms with van der Waals surface area (Å²) in [6.45, 7) is 0. The average Bonchev–Trinajstić information content (AvgIpc) is 2.62. The van der Waals surface area contributed by atoms with Crippen molar-refractivity contribution in [2.24, 2.45) is 0 Å². The van der Waals surface area contributed by atoms with E-state index in [-0.39, 0.29) is 0 Å². The second-order valence-electron chi connectivity index (χ2n) is 2.80. The van der Waals surface area contributed by atoms with Crippen molar-refractivity contribution >= 4 is 22.9 Å². The number of rotatable bonds is 2. The smallest absolute Gasteiger partial charge is 0.129 e. The van der Waals surface area contributed by atoms with Crippen molar-refractivity contribution in [3.05, 3.63) is 51.4 Å². The Kier molecular flexibility index (Phi) is 2.62. The molecule has 0 saturated heterocycles.